The monoisotopic (exact) mass is 105 g/mol. The molecule has 1 fully saturated rings. The molecule has 0 saturated carbocycles. The SMILES string of the molecule is CNC1(F)OC1C. The summed E-state index contributed by atoms with van der Waals surface area (Å²) in [6, 6.07) is 0. The third-order valence-corrected chi connectivity index (χ3v) is 1.15. The van der Waals surface area contributed by atoms with Gasteiger partial charge in [0.2, 0.25) is 0 Å². The number of hydrogen-bond donors (Lipinski definition) is 1. The minimum absolute atomic E-state index is 0.266. The van der Waals surface area contributed by atoms with Crippen molar-refractivity contribution < 1.29 is 9.13 Å². The number of alkyl halides is 1. The van der Waals surface area contributed by atoms with Crippen LogP contribution in [0.25, 0.3) is 0 Å². The molecule has 0 amide bonds. The van der Waals surface area contributed by atoms with E-state index in [1.165, 1.54) is 7.05 Å². The van der Waals surface area contributed by atoms with E-state index in [4.69, 9.17) is 0 Å². The first-order chi connectivity index (χ1) is 3.19. The molecule has 0 bridgehead atoms. The standard InChI is InChI=1S/C4H8FNO/c1-3-4(5,6-2)7-3/h3,6H,1-2H3. The highest BCUT2D eigenvalue weighted by Crippen LogP contribution is 2.33. The predicted molar refractivity (Wildman–Crippen MR) is 23.4 cm³/mol. The lowest BCUT2D eigenvalue weighted by atomic mass is 10.5. The zero-order chi connectivity index (χ0) is 5.49. The van der Waals surface area contributed by atoms with Gasteiger partial charge in [-0.1, -0.05) is 0 Å². The first-order valence-electron chi connectivity index (χ1n) is 2.24. The van der Waals surface area contributed by atoms with Crippen LogP contribution in [0.1, 0.15) is 6.92 Å². The number of likely N-dealkylation sites (N-methyl/N-ethyl adjacent to an activating group) is 1. The van der Waals surface area contributed by atoms with Crippen LogP contribution >= 0.6 is 0 Å². The first kappa shape index (κ1) is 5.00. The molecular weight excluding hydrogens is 97.0 g/mol. The largest absolute Gasteiger partial charge is 0.321 e. The summed E-state index contributed by atoms with van der Waals surface area (Å²) in [6.07, 6.45) is -0.266. The van der Waals surface area contributed by atoms with Gasteiger partial charge in [-0.3, -0.25) is 5.32 Å². The minimum Gasteiger partial charge on any atom is -0.321 e. The summed E-state index contributed by atoms with van der Waals surface area (Å²) < 4.78 is 16.8. The van der Waals surface area contributed by atoms with Crippen molar-refractivity contribution in [2.45, 2.75) is 19.0 Å². The summed E-state index contributed by atoms with van der Waals surface area (Å²) >= 11 is 0. The molecule has 1 heterocycles. The molecule has 0 aliphatic carbocycles. The molecule has 1 aliphatic rings. The molecule has 0 aromatic carbocycles. The van der Waals surface area contributed by atoms with Crippen molar-refractivity contribution in [3.63, 3.8) is 0 Å². The Bertz CT molecular complexity index is 83.8. The maximum absolute atomic E-state index is 12.3. The smallest absolute Gasteiger partial charge is 0.292 e. The lowest BCUT2D eigenvalue weighted by Gasteiger charge is -1.93. The molecule has 1 N–H and O–H groups in total. The molecule has 0 radical (unpaired) electrons. The van der Waals surface area contributed by atoms with Crippen molar-refractivity contribution >= 4 is 0 Å². The summed E-state index contributed by atoms with van der Waals surface area (Å²) in [7, 11) is 1.53. The zero-order valence-electron chi connectivity index (χ0n) is 4.36. The Labute approximate surface area is 41.7 Å². The molecular formula is C4H8FNO. The molecule has 1 aliphatic heterocycles. The molecule has 7 heavy (non-hydrogen) atoms. The Morgan fingerprint density at radius 1 is 1.86 bits per heavy atom. The van der Waals surface area contributed by atoms with Gasteiger partial charge in [-0.15, -0.1) is 0 Å². The molecule has 2 unspecified atom stereocenters. The Morgan fingerprint density at radius 2 is 2.29 bits per heavy atom. The van der Waals surface area contributed by atoms with Crippen molar-refractivity contribution in [3.8, 4) is 0 Å². The predicted octanol–water partition coefficient (Wildman–Crippen LogP) is 0.248. The van der Waals surface area contributed by atoms with E-state index in [9.17, 15) is 4.39 Å². The van der Waals surface area contributed by atoms with E-state index < -0.39 is 5.98 Å². The highest BCUT2D eigenvalue weighted by atomic mass is 19.2. The van der Waals surface area contributed by atoms with Gasteiger partial charge in [-0.05, 0) is 14.0 Å². The van der Waals surface area contributed by atoms with E-state index in [0.717, 1.165) is 0 Å². The summed E-state index contributed by atoms with van der Waals surface area (Å²) in [5.41, 5.74) is 0. The quantitative estimate of drug-likeness (QED) is 0.382. The average Bonchev–Trinajstić information content (AvgIpc) is 2.18. The summed E-state index contributed by atoms with van der Waals surface area (Å²) in [5.74, 6) is -1.50. The highest BCUT2D eigenvalue weighted by molar-refractivity contribution is 4.85. The fraction of sp³-hybridized carbons (Fsp3) is 1.00. The van der Waals surface area contributed by atoms with E-state index in [-0.39, 0.29) is 6.10 Å². The summed E-state index contributed by atoms with van der Waals surface area (Å²) in [4.78, 5) is 0. The number of rotatable bonds is 1. The normalized spacial score (nSPS) is 49.3. The van der Waals surface area contributed by atoms with Gasteiger partial charge in [-0.25, -0.2) is 0 Å². The molecule has 1 saturated heterocycles. The van der Waals surface area contributed by atoms with Gasteiger partial charge in [-0.2, -0.15) is 4.39 Å². The number of hydrogen-bond acceptors (Lipinski definition) is 2. The van der Waals surface area contributed by atoms with Crippen LogP contribution in [-0.2, 0) is 4.74 Å². The molecule has 0 aromatic heterocycles. The van der Waals surface area contributed by atoms with E-state index in [0.29, 0.717) is 0 Å². The molecule has 3 heteroatoms. The van der Waals surface area contributed by atoms with Gasteiger partial charge in [0.25, 0.3) is 5.98 Å². The van der Waals surface area contributed by atoms with Crippen molar-refractivity contribution in [2.24, 2.45) is 0 Å². The van der Waals surface area contributed by atoms with E-state index in [1.807, 2.05) is 0 Å². The van der Waals surface area contributed by atoms with Crippen molar-refractivity contribution in [2.75, 3.05) is 7.05 Å². The van der Waals surface area contributed by atoms with Crippen molar-refractivity contribution in [1.29, 1.82) is 0 Å². The van der Waals surface area contributed by atoms with Crippen molar-refractivity contribution in [3.05, 3.63) is 0 Å². The van der Waals surface area contributed by atoms with Gasteiger partial charge in [0.05, 0.1) is 0 Å². The van der Waals surface area contributed by atoms with Crippen LogP contribution in [0.2, 0.25) is 0 Å². The second-order valence-corrected chi connectivity index (χ2v) is 1.66. The van der Waals surface area contributed by atoms with Crippen LogP contribution in [0, 0.1) is 0 Å². The van der Waals surface area contributed by atoms with Crippen LogP contribution in [0.5, 0.6) is 0 Å². The van der Waals surface area contributed by atoms with Crippen LogP contribution in [-0.4, -0.2) is 19.1 Å². The van der Waals surface area contributed by atoms with E-state index >= 15 is 0 Å². The van der Waals surface area contributed by atoms with Gasteiger partial charge in [0.1, 0.15) is 6.10 Å². The number of ether oxygens (including phenoxy) is 1. The fourth-order valence-electron chi connectivity index (χ4n) is 0.485. The van der Waals surface area contributed by atoms with Crippen molar-refractivity contribution in [1.82, 2.24) is 5.32 Å². The molecule has 0 aromatic rings. The third-order valence-electron chi connectivity index (χ3n) is 1.15. The maximum Gasteiger partial charge on any atom is 0.292 e. The summed E-state index contributed by atoms with van der Waals surface area (Å²) in [6.45, 7) is 1.68. The highest BCUT2D eigenvalue weighted by Gasteiger charge is 2.53. The number of nitrogens with one attached hydrogen (secondary N) is 1. The molecule has 42 valence electrons. The summed E-state index contributed by atoms with van der Waals surface area (Å²) in [5, 5.41) is 2.38. The number of halogens is 1. The van der Waals surface area contributed by atoms with Crippen LogP contribution in [0.3, 0.4) is 0 Å². The minimum atomic E-state index is -1.50. The third kappa shape index (κ3) is 0.618. The van der Waals surface area contributed by atoms with Crippen LogP contribution in [0.4, 0.5) is 4.39 Å². The lowest BCUT2D eigenvalue weighted by molar-refractivity contribution is 0.111. The van der Waals surface area contributed by atoms with Crippen LogP contribution < -0.4 is 5.32 Å². The Balaban J connectivity index is 2.36. The molecule has 2 nitrogen and oxygen atoms in total. The van der Waals surface area contributed by atoms with E-state index in [1.54, 1.807) is 6.92 Å². The van der Waals surface area contributed by atoms with E-state index in [2.05, 4.69) is 10.1 Å². The average molecular weight is 105 g/mol. The van der Waals surface area contributed by atoms with Gasteiger partial charge in [0, 0.05) is 0 Å². The van der Waals surface area contributed by atoms with Gasteiger partial charge in [0.15, 0.2) is 0 Å². The topological polar surface area (TPSA) is 24.6 Å². The lowest BCUT2D eigenvalue weighted by Crippen LogP contribution is -2.25. The molecule has 2 atom stereocenters. The maximum atomic E-state index is 12.3. The van der Waals surface area contributed by atoms with Gasteiger partial charge < -0.3 is 4.74 Å². The molecule has 1 rings (SSSR count). The fourth-order valence-corrected chi connectivity index (χ4v) is 0.485. The Kier molecular flexibility index (Phi) is 0.834. The number of epoxide rings is 1. The Hall–Kier alpha value is -0.150. The molecule has 0 spiro atoms. The Morgan fingerprint density at radius 3 is 2.29 bits per heavy atom. The first-order valence-corrected chi connectivity index (χ1v) is 2.24. The second-order valence-electron chi connectivity index (χ2n) is 1.66. The van der Waals surface area contributed by atoms with Crippen LogP contribution in [0.15, 0.2) is 0 Å². The van der Waals surface area contributed by atoms with Gasteiger partial charge >= 0.3 is 0 Å². The second kappa shape index (κ2) is 1.17. The zero-order valence-corrected chi connectivity index (χ0v) is 4.36.